The molecule has 4 aromatic rings. The first-order valence-corrected chi connectivity index (χ1v) is 11.0. The van der Waals surface area contributed by atoms with E-state index in [4.69, 9.17) is 9.40 Å². The third kappa shape index (κ3) is 4.37. The predicted octanol–water partition coefficient (Wildman–Crippen LogP) is 3.61. The van der Waals surface area contributed by atoms with Crippen molar-refractivity contribution in [2.75, 3.05) is 0 Å². The first kappa shape index (κ1) is 20.9. The van der Waals surface area contributed by atoms with Gasteiger partial charge in [-0.3, -0.25) is 14.3 Å². The minimum atomic E-state index is -0.199. The summed E-state index contributed by atoms with van der Waals surface area (Å²) < 4.78 is 6.98. The molecule has 3 aromatic heterocycles. The number of carbonyl (C=O) groups is 2. The van der Waals surface area contributed by atoms with E-state index in [0.717, 1.165) is 40.8 Å². The Morgan fingerprint density at radius 1 is 1.09 bits per heavy atom. The number of nitrogens with zero attached hydrogens (tertiary/aromatic N) is 3. The van der Waals surface area contributed by atoms with E-state index in [2.05, 4.69) is 15.7 Å². The highest BCUT2D eigenvalue weighted by Crippen LogP contribution is 2.40. The van der Waals surface area contributed by atoms with Gasteiger partial charge < -0.3 is 15.1 Å². The lowest BCUT2D eigenvalue weighted by Gasteiger charge is -2.10. The number of aryl methyl sites for hydroxylation is 2. The molecule has 0 radical (unpaired) electrons. The molecule has 1 aromatic carbocycles. The Balaban J connectivity index is 1.31. The maximum Gasteiger partial charge on any atom is 0.252 e. The summed E-state index contributed by atoms with van der Waals surface area (Å²) in [7, 11) is 1.85. The second-order valence-electron chi connectivity index (χ2n) is 8.42. The fourth-order valence-electron chi connectivity index (χ4n) is 4.01. The van der Waals surface area contributed by atoms with E-state index in [1.807, 2.05) is 32.2 Å². The van der Waals surface area contributed by atoms with Crippen molar-refractivity contribution in [2.24, 2.45) is 7.05 Å². The largest absolute Gasteiger partial charge is 0.467 e. The standard InChI is InChI=1S/C25H25N5O3/c1-15-22-20(12-21(17-8-9-17)28-23(22)30(2)29-15)25(32)26-13-16-5-3-6-18(11-16)24(31)27-14-19-7-4-10-33-19/h3-7,10-12,17H,8-9,13-14H2,1-2H3,(H,26,32)(H,27,31). The third-order valence-electron chi connectivity index (χ3n) is 5.87. The Kier molecular flexibility index (Phi) is 5.42. The van der Waals surface area contributed by atoms with E-state index in [-0.39, 0.29) is 11.8 Å². The first-order chi connectivity index (χ1) is 16.0. The van der Waals surface area contributed by atoms with Gasteiger partial charge in [0.1, 0.15) is 5.76 Å². The van der Waals surface area contributed by atoms with Gasteiger partial charge in [0.2, 0.25) is 0 Å². The second kappa shape index (κ2) is 8.54. The minimum Gasteiger partial charge on any atom is -0.467 e. The van der Waals surface area contributed by atoms with Gasteiger partial charge in [-0.25, -0.2) is 4.98 Å². The van der Waals surface area contributed by atoms with Crippen molar-refractivity contribution in [1.82, 2.24) is 25.4 Å². The lowest BCUT2D eigenvalue weighted by molar-refractivity contribution is 0.0944. The number of carbonyl (C=O) groups excluding carboxylic acids is 2. The summed E-state index contributed by atoms with van der Waals surface area (Å²) in [5, 5.41) is 11.1. The van der Waals surface area contributed by atoms with Crippen LogP contribution in [0.5, 0.6) is 0 Å². The third-order valence-corrected chi connectivity index (χ3v) is 5.87. The van der Waals surface area contributed by atoms with Crippen molar-refractivity contribution in [3.05, 3.63) is 82.6 Å². The van der Waals surface area contributed by atoms with Crippen LogP contribution in [0.1, 0.15) is 62.2 Å². The van der Waals surface area contributed by atoms with Crippen molar-refractivity contribution < 1.29 is 14.0 Å². The van der Waals surface area contributed by atoms with Crippen LogP contribution in [0, 0.1) is 6.92 Å². The molecule has 0 unspecified atom stereocenters. The molecule has 1 fully saturated rings. The van der Waals surface area contributed by atoms with Crippen LogP contribution in [0.4, 0.5) is 0 Å². The zero-order chi connectivity index (χ0) is 22.9. The molecule has 5 rings (SSSR count). The van der Waals surface area contributed by atoms with Gasteiger partial charge in [-0.05, 0) is 55.7 Å². The minimum absolute atomic E-state index is 0.173. The Morgan fingerprint density at radius 3 is 2.67 bits per heavy atom. The predicted molar refractivity (Wildman–Crippen MR) is 123 cm³/mol. The maximum atomic E-state index is 13.2. The molecule has 0 bridgehead atoms. The van der Waals surface area contributed by atoms with Crippen molar-refractivity contribution >= 4 is 22.8 Å². The average molecular weight is 444 g/mol. The zero-order valence-corrected chi connectivity index (χ0v) is 18.6. The van der Waals surface area contributed by atoms with Crippen LogP contribution in [0.15, 0.2) is 53.1 Å². The molecule has 1 aliphatic carbocycles. The highest BCUT2D eigenvalue weighted by Gasteiger charge is 2.28. The van der Waals surface area contributed by atoms with Gasteiger partial charge in [-0.2, -0.15) is 5.10 Å². The van der Waals surface area contributed by atoms with Gasteiger partial charge in [0.05, 0.1) is 29.5 Å². The number of nitrogens with one attached hydrogen (secondary N) is 2. The van der Waals surface area contributed by atoms with Crippen LogP contribution in [0.2, 0.25) is 0 Å². The molecule has 2 N–H and O–H groups in total. The average Bonchev–Trinajstić information content (AvgIpc) is 3.47. The summed E-state index contributed by atoms with van der Waals surface area (Å²) in [6.45, 7) is 2.51. The summed E-state index contributed by atoms with van der Waals surface area (Å²) >= 11 is 0. The van der Waals surface area contributed by atoms with E-state index in [1.54, 1.807) is 35.2 Å². The molecule has 3 heterocycles. The number of hydrogen-bond donors (Lipinski definition) is 2. The fourth-order valence-corrected chi connectivity index (χ4v) is 4.01. The van der Waals surface area contributed by atoms with Gasteiger partial charge >= 0.3 is 0 Å². The summed E-state index contributed by atoms with van der Waals surface area (Å²) in [5.41, 5.74) is 4.43. The number of rotatable bonds is 7. The van der Waals surface area contributed by atoms with Crippen molar-refractivity contribution in [3.8, 4) is 0 Å². The SMILES string of the molecule is Cc1nn(C)c2nc(C3CC3)cc(C(=O)NCc3cccc(C(=O)NCc4ccco4)c3)c12. The molecule has 0 atom stereocenters. The highest BCUT2D eigenvalue weighted by molar-refractivity contribution is 6.06. The Hall–Kier alpha value is -3.94. The van der Waals surface area contributed by atoms with Crippen LogP contribution in [0.3, 0.4) is 0 Å². The number of fused-ring (bicyclic) bond motifs is 1. The molecular weight excluding hydrogens is 418 g/mol. The van der Waals surface area contributed by atoms with Crippen LogP contribution in [-0.4, -0.2) is 26.6 Å². The molecule has 168 valence electrons. The van der Waals surface area contributed by atoms with Gasteiger partial charge in [0, 0.05) is 30.8 Å². The van der Waals surface area contributed by atoms with Crippen molar-refractivity contribution in [3.63, 3.8) is 0 Å². The monoisotopic (exact) mass is 443 g/mol. The smallest absolute Gasteiger partial charge is 0.252 e. The van der Waals surface area contributed by atoms with Gasteiger partial charge in [0.15, 0.2) is 5.65 Å². The molecule has 2 amide bonds. The van der Waals surface area contributed by atoms with E-state index in [0.29, 0.717) is 35.9 Å². The number of pyridine rings is 1. The molecule has 0 aliphatic heterocycles. The van der Waals surface area contributed by atoms with Crippen LogP contribution in [-0.2, 0) is 20.1 Å². The van der Waals surface area contributed by atoms with Gasteiger partial charge in [-0.1, -0.05) is 12.1 Å². The Labute approximate surface area is 191 Å². The number of hydrogen-bond acceptors (Lipinski definition) is 5. The topological polar surface area (TPSA) is 102 Å². The molecule has 0 saturated heterocycles. The number of benzene rings is 1. The molecule has 8 heteroatoms. The van der Waals surface area contributed by atoms with E-state index in [9.17, 15) is 9.59 Å². The van der Waals surface area contributed by atoms with Crippen LogP contribution < -0.4 is 10.6 Å². The highest BCUT2D eigenvalue weighted by atomic mass is 16.3. The fraction of sp³-hybridized carbons (Fsp3) is 0.280. The number of furan rings is 1. The van der Waals surface area contributed by atoms with Gasteiger partial charge in [-0.15, -0.1) is 0 Å². The Morgan fingerprint density at radius 2 is 1.91 bits per heavy atom. The number of amides is 2. The molecule has 33 heavy (non-hydrogen) atoms. The summed E-state index contributed by atoms with van der Waals surface area (Å²) in [6.07, 6.45) is 3.78. The number of aromatic nitrogens is 3. The molecule has 8 nitrogen and oxygen atoms in total. The van der Waals surface area contributed by atoms with Crippen LogP contribution in [0.25, 0.3) is 11.0 Å². The lowest BCUT2D eigenvalue weighted by Crippen LogP contribution is -2.25. The van der Waals surface area contributed by atoms with E-state index >= 15 is 0 Å². The molecular formula is C25H25N5O3. The normalized spacial score (nSPS) is 13.3. The van der Waals surface area contributed by atoms with E-state index in [1.165, 1.54) is 0 Å². The summed E-state index contributed by atoms with van der Waals surface area (Å²) in [5.74, 6) is 0.739. The quantitative estimate of drug-likeness (QED) is 0.454. The zero-order valence-electron chi connectivity index (χ0n) is 18.6. The molecule has 1 aliphatic rings. The molecule has 1 saturated carbocycles. The molecule has 0 spiro atoms. The summed E-state index contributed by atoms with van der Waals surface area (Å²) in [6, 6.07) is 12.7. The first-order valence-electron chi connectivity index (χ1n) is 11.0. The summed E-state index contributed by atoms with van der Waals surface area (Å²) in [4.78, 5) is 30.4. The maximum absolute atomic E-state index is 13.2. The van der Waals surface area contributed by atoms with Crippen LogP contribution >= 0.6 is 0 Å². The van der Waals surface area contributed by atoms with Crippen molar-refractivity contribution in [2.45, 2.75) is 38.8 Å². The lowest BCUT2D eigenvalue weighted by atomic mass is 10.1. The van der Waals surface area contributed by atoms with Gasteiger partial charge in [0.25, 0.3) is 11.8 Å². The van der Waals surface area contributed by atoms with Crippen molar-refractivity contribution in [1.29, 1.82) is 0 Å². The Bertz CT molecular complexity index is 1340. The second-order valence-corrected chi connectivity index (χ2v) is 8.42. The van der Waals surface area contributed by atoms with E-state index < -0.39 is 0 Å².